The number of benzene rings is 3. The van der Waals surface area contributed by atoms with Crippen LogP contribution in [0.4, 0.5) is 17.2 Å². The molecular formula is C32H31N5O3S. The summed E-state index contributed by atoms with van der Waals surface area (Å²) in [5.74, 6) is -0.570. The average Bonchev–Trinajstić information content (AvgIpc) is 2.98. The first-order valence-corrected chi connectivity index (χ1v) is 13.8. The standard InChI is InChI=1S/C32H31N5O3S/c1-22(30(38)36-29-14-7-8-19-33-29)41-27-13-9-12-25(21-27)34-32(40)28(35-31(39)24-10-5-4-6-11-24)20-23-15-17-26(18-16-23)37(2)3/h4-22H,1-3H3,(H,34,40)(H,35,39)(H,33,36,38)/b28-20+. The van der Waals surface area contributed by atoms with Crippen molar-refractivity contribution in [1.29, 1.82) is 0 Å². The van der Waals surface area contributed by atoms with Crippen LogP contribution < -0.4 is 20.9 Å². The van der Waals surface area contributed by atoms with Crippen molar-refractivity contribution in [1.82, 2.24) is 10.3 Å². The van der Waals surface area contributed by atoms with Crippen molar-refractivity contribution in [3.05, 3.63) is 120 Å². The molecule has 208 valence electrons. The molecule has 3 amide bonds. The molecule has 0 radical (unpaired) electrons. The Hall–Kier alpha value is -4.89. The van der Waals surface area contributed by atoms with E-state index in [2.05, 4.69) is 20.9 Å². The van der Waals surface area contributed by atoms with Gasteiger partial charge >= 0.3 is 0 Å². The van der Waals surface area contributed by atoms with E-state index in [9.17, 15) is 14.4 Å². The molecule has 4 aromatic rings. The third-order valence-electron chi connectivity index (χ3n) is 5.94. The summed E-state index contributed by atoms with van der Waals surface area (Å²) in [6, 6.07) is 28.9. The maximum atomic E-state index is 13.4. The van der Waals surface area contributed by atoms with Gasteiger partial charge in [-0.1, -0.05) is 42.5 Å². The first-order valence-electron chi connectivity index (χ1n) is 12.9. The fourth-order valence-corrected chi connectivity index (χ4v) is 4.67. The summed E-state index contributed by atoms with van der Waals surface area (Å²) in [5.41, 5.74) is 2.83. The number of thioether (sulfide) groups is 1. The molecule has 0 spiro atoms. The lowest BCUT2D eigenvalue weighted by atomic mass is 10.1. The van der Waals surface area contributed by atoms with Crippen LogP contribution in [0.1, 0.15) is 22.8 Å². The first kappa shape index (κ1) is 29.1. The predicted octanol–water partition coefficient (Wildman–Crippen LogP) is 5.68. The summed E-state index contributed by atoms with van der Waals surface area (Å²) in [6.07, 6.45) is 3.25. The van der Waals surface area contributed by atoms with Gasteiger partial charge in [-0.3, -0.25) is 14.4 Å². The van der Waals surface area contributed by atoms with Gasteiger partial charge in [-0.25, -0.2) is 4.98 Å². The van der Waals surface area contributed by atoms with E-state index in [4.69, 9.17) is 0 Å². The third-order valence-corrected chi connectivity index (χ3v) is 7.03. The molecule has 1 atom stereocenters. The van der Waals surface area contributed by atoms with E-state index in [1.54, 1.807) is 79.9 Å². The van der Waals surface area contributed by atoms with E-state index in [0.717, 1.165) is 16.1 Å². The Bertz CT molecular complexity index is 1520. The summed E-state index contributed by atoms with van der Waals surface area (Å²) >= 11 is 1.36. The van der Waals surface area contributed by atoms with Gasteiger partial charge < -0.3 is 20.9 Å². The number of hydrogen-bond donors (Lipinski definition) is 3. The second-order valence-corrected chi connectivity index (χ2v) is 10.7. The molecule has 0 fully saturated rings. The number of carbonyl (C=O) groups is 3. The van der Waals surface area contributed by atoms with Gasteiger partial charge in [-0.15, -0.1) is 11.8 Å². The zero-order valence-electron chi connectivity index (χ0n) is 23.0. The number of rotatable bonds is 10. The molecule has 41 heavy (non-hydrogen) atoms. The summed E-state index contributed by atoms with van der Waals surface area (Å²) < 4.78 is 0. The number of hydrogen-bond acceptors (Lipinski definition) is 6. The Morgan fingerprint density at radius 1 is 0.854 bits per heavy atom. The highest BCUT2D eigenvalue weighted by atomic mass is 32.2. The number of carbonyl (C=O) groups excluding carboxylic acids is 3. The zero-order chi connectivity index (χ0) is 29.2. The molecule has 9 heteroatoms. The van der Waals surface area contributed by atoms with Crippen molar-refractivity contribution in [2.24, 2.45) is 0 Å². The minimum atomic E-state index is -0.478. The van der Waals surface area contributed by atoms with Gasteiger partial charge in [0.15, 0.2) is 0 Å². The molecular weight excluding hydrogens is 534 g/mol. The van der Waals surface area contributed by atoms with E-state index < -0.39 is 17.1 Å². The smallest absolute Gasteiger partial charge is 0.272 e. The summed E-state index contributed by atoms with van der Waals surface area (Å²) in [7, 11) is 3.90. The monoisotopic (exact) mass is 565 g/mol. The second-order valence-electron chi connectivity index (χ2n) is 9.31. The fraction of sp³-hybridized carbons (Fsp3) is 0.125. The SMILES string of the molecule is CC(Sc1cccc(NC(=O)/C(=C\c2ccc(N(C)C)cc2)NC(=O)c2ccccc2)c1)C(=O)Nc1ccccn1. The van der Waals surface area contributed by atoms with E-state index in [-0.39, 0.29) is 11.6 Å². The molecule has 0 saturated carbocycles. The van der Waals surface area contributed by atoms with Crippen LogP contribution in [-0.2, 0) is 9.59 Å². The van der Waals surface area contributed by atoms with Gasteiger partial charge in [0, 0.05) is 42.1 Å². The van der Waals surface area contributed by atoms with Crippen LogP contribution in [0.15, 0.2) is 114 Å². The van der Waals surface area contributed by atoms with Crippen LogP contribution in [0.2, 0.25) is 0 Å². The number of nitrogens with one attached hydrogen (secondary N) is 3. The molecule has 1 aromatic heterocycles. The number of anilines is 3. The summed E-state index contributed by atoms with van der Waals surface area (Å²) in [6.45, 7) is 1.80. The van der Waals surface area contributed by atoms with Crippen LogP contribution in [0.3, 0.4) is 0 Å². The first-order chi connectivity index (χ1) is 19.8. The van der Waals surface area contributed by atoms with Crippen LogP contribution in [0.5, 0.6) is 0 Å². The molecule has 0 aliphatic heterocycles. The van der Waals surface area contributed by atoms with Crippen LogP contribution in [-0.4, -0.2) is 42.1 Å². The van der Waals surface area contributed by atoms with Crippen LogP contribution in [0, 0.1) is 0 Å². The van der Waals surface area contributed by atoms with Gasteiger partial charge in [-0.05, 0) is 73.2 Å². The normalized spacial score (nSPS) is 11.7. The Morgan fingerprint density at radius 2 is 1.59 bits per heavy atom. The molecule has 0 aliphatic carbocycles. The van der Waals surface area contributed by atoms with E-state index in [1.165, 1.54) is 11.8 Å². The number of amides is 3. The quantitative estimate of drug-likeness (QED) is 0.169. The number of nitrogens with zero attached hydrogens (tertiary/aromatic N) is 2. The van der Waals surface area contributed by atoms with E-state index >= 15 is 0 Å². The third kappa shape index (κ3) is 8.55. The summed E-state index contributed by atoms with van der Waals surface area (Å²) in [5, 5.41) is 8.03. The van der Waals surface area contributed by atoms with Crippen molar-refractivity contribution >= 4 is 52.8 Å². The highest BCUT2D eigenvalue weighted by Crippen LogP contribution is 2.27. The molecule has 0 saturated heterocycles. The molecule has 4 rings (SSSR count). The fourth-order valence-electron chi connectivity index (χ4n) is 3.75. The average molecular weight is 566 g/mol. The van der Waals surface area contributed by atoms with Gasteiger partial charge in [0.25, 0.3) is 11.8 Å². The Kier molecular flexibility index (Phi) is 9.90. The van der Waals surface area contributed by atoms with Gasteiger partial charge in [0.1, 0.15) is 11.5 Å². The maximum Gasteiger partial charge on any atom is 0.272 e. The predicted molar refractivity (Wildman–Crippen MR) is 166 cm³/mol. The van der Waals surface area contributed by atoms with Crippen LogP contribution >= 0.6 is 11.8 Å². The molecule has 1 unspecified atom stereocenters. The highest BCUT2D eigenvalue weighted by molar-refractivity contribution is 8.00. The maximum absolute atomic E-state index is 13.4. The lowest BCUT2D eigenvalue weighted by molar-refractivity contribution is -0.115. The minimum Gasteiger partial charge on any atom is -0.378 e. The van der Waals surface area contributed by atoms with Crippen molar-refractivity contribution < 1.29 is 14.4 Å². The Labute approximate surface area is 243 Å². The molecule has 1 heterocycles. The molecule has 0 aliphatic rings. The lowest BCUT2D eigenvalue weighted by Crippen LogP contribution is -2.30. The van der Waals surface area contributed by atoms with Crippen molar-refractivity contribution in [2.45, 2.75) is 17.1 Å². The van der Waals surface area contributed by atoms with Gasteiger partial charge in [0.05, 0.1) is 5.25 Å². The van der Waals surface area contributed by atoms with E-state index in [0.29, 0.717) is 17.1 Å². The number of pyridine rings is 1. The van der Waals surface area contributed by atoms with Crippen molar-refractivity contribution in [3.63, 3.8) is 0 Å². The topological polar surface area (TPSA) is 103 Å². The van der Waals surface area contributed by atoms with Crippen molar-refractivity contribution in [2.75, 3.05) is 29.6 Å². The highest BCUT2D eigenvalue weighted by Gasteiger charge is 2.17. The molecule has 0 bridgehead atoms. The number of aromatic nitrogens is 1. The van der Waals surface area contributed by atoms with Crippen LogP contribution in [0.25, 0.3) is 6.08 Å². The van der Waals surface area contributed by atoms with Gasteiger partial charge in [-0.2, -0.15) is 0 Å². The zero-order valence-corrected chi connectivity index (χ0v) is 23.8. The summed E-state index contributed by atoms with van der Waals surface area (Å²) in [4.78, 5) is 45.9. The van der Waals surface area contributed by atoms with E-state index in [1.807, 2.05) is 55.4 Å². The minimum absolute atomic E-state index is 0.0950. The Balaban J connectivity index is 1.49. The largest absolute Gasteiger partial charge is 0.378 e. The molecule has 3 N–H and O–H groups in total. The van der Waals surface area contributed by atoms with Gasteiger partial charge in [0.2, 0.25) is 5.91 Å². The Morgan fingerprint density at radius 3 is 2.27 bits per heavy atom. The second kappa shape index (κ2) is 14.0. The van der Waals surface area contributed by atoms with Crippen molar-refractivity contribution in [3.8, 4) is 0 Å². The lowest BCUT2D eigenvalue weighted by Gasteiger charge is -2.14. The molecule has 8 nitrogen and oxygen atoms in total. The molecule has 3 aromatic carbocycles.